The maximum absolute atomic E-state index is 12.2. The van der Waals surface area contributed by atoms with Crippen molar-refractivity contribution < 1.29 is 9.53 Å². The summed E-state index contributed by atoms with van der Waals surface area (Å²) in [5, 5.41) is 8.14. The molecule has 2 aromatic heterocycles. The highest BCUT2D eigenvalue weighted by molar-refractivity contribution is 5.93. The maximum atomic E-state index is 12.2. The van der Waals surface area contributed by atoms with Crippen molar-refractivity contribution in [1.29, 1.82) is 0 Å². The Morgan fingerprint density at radius 2 is 2.22 bits per heavy atom. The molecule has 3 rings (SSSR count). The lowest BCUT2D eigenvalue weighted by Crippen LogP contribution is -2.22. The van der Waals surface area contributed by atoms with Crippen LogP contribution >= 0.6 is 0 Å². The first-order chi connectivity index (χ1) is 11.1. The summed E-state index contributed by atoms with van der Waals surface area (Å²) in [6.45, 7) is 4.48. The Morgan fingerprint density at radius 1 is 1.39 bits per heavy atom. The van der Waals surface area contributed by atoms with E-state index >= 15 is 0 Å². The molecule has 0 spiro atoms. The molecule has 0 fully saturated rings. The summed E-state index contributed by atoms with van der Waals surface area (Å²) in [6, 6.07) is 8.08. The van der Waals surface area contributed by atoms with E-state index in [9.17, 15) is 4.79 Å². The fourth-order valence-corrected chi connectivity index (χ4v) is 2.41. The quantitative estimate of drug-likeness (QED) is 0.761. The minimum Gasteiger partial charge on any atom is -0.497 e. The molecule has 23 heavy (non-hydrogen) atoms. The summed E-state index contributed by atoms with van der Waals surface area (Å²) >= 11 is 0. The Hall–Kier alpha value is -2.76. The molecule has 0 aliphatic heterocycles. The van der Waals surface area contributed by atoms with E-state index in [-0.39, 0.29) is 11.9 Å². The number of aromatic nitrogens is 3. The van der Waals surface area contributed by atoms with Gasteiger partial charge in [-0.25, -0.2) is 0 Å². The highest BCUT2D eigenvalue weighted by atomic mass is 16.5. The highest BCUT2D eigenvalue weighted by Crippen LogP contribution is 2.21. The number of fused-ring (bicyclic) bond motifs is 1. The molecule has 6 heteroatoms. The number of H-pyrrole nitrogens is 1. The predicted octanol–water partition coefficient (Wildman–Crippen LogP) is 2.88. The number of ether oxygens (including phenoxy) is 1. The molecule has 3 aromatic rings. The smallest absolute Gasteiger partial charge is 0.254 e. The van der Waals surface area contributed by atoms with Gasteiger partial charge in [-0.3, -0.25) is 9.48 Å². The molecule has 2 N–H and O–H groups in total. The van der Waals surface area contributed by atoms with Crippen molar-refractivity contribution in [2.45, 2.75) is 26.4 Å². The summed E-state index contributed by atoms with van der Waals surface area (Å²) in [5.74, 6) is 0.682. The van der Waals surface area contributed by atoms with E-state index in [4.69, 9.17) is 4.74 Å². The van der Waals surface area contributed by atoms with Crippen LogP contribution in [0.4, 0.5) is 0 Å². The number of amides is 1. The third-order valence-electron chi connectivity index (χ3n) is 3.72. The fraction of sp³-hybridized carbons (Fsp3) is 0.294. The maximum Gasteiger partial charge on any atom is 0.254 e. The lowest BCUT2D eigenvalue weighted by atomic mass is 10.2. The Kier molecular flexibility index (Phi) is 4.06. The summed E-state index contributed by atoms with van der Waals surface area (Å²) < 4.78 is 6.98. The number of nitrogens with one attached hydrogen (secondary N) is 2. The van der Waals surface area contributed by atoms with Gasteiger partial charge < -0.3 is 15.0 Å². The molecule has 0 unspecified atom stereocenters. The van der Waals surface area contributed by atoms with Gasteiger partial charge in [0.15, 0.2) is 0 Å². The van der Waals surface area contributed by atoms with Crippen molar-refractivity contribution in [3.63, 3.8) is 0 Å². The van der Waals surface area contributed by atoms with Crippen LogP contribution in [0.5, 0.6) is 5.75 Å². The molecular weight excluding hydrogens is 292 g/mol. The Labute approximate surface area is 134 Å². The highest BCUT2D eigenvalue weighted by Gasteiger charge is 2.10. The van der Waals surface area contributed by atoms with Crippen LogP contribution in [0.3, 0.4) is 0 Å². The molecular formula is C17H20N4O2. The van der Waals surface area contributed by atoms with Crippen LogP contribution in [-0.4, -0.2) is 27.8 Å². The number of nitrogens with zero attached hydrogens (tertiary/aromatic N) is 2. The third kappa shape index (κ3) is 3.21. The van der Waals surface area contributed by atoms with Gasteiger partial charge in [0.25, 0.3) is 5.91 Å². The van der Waals surface area contributed by atoms with Crippen molar-refractivity contribution in [2.24, 2.45) is 0 Å². The zero-order valence-electron chi connectivity index (χ0n) is 13.5. The van der Waals surface area contributed by atoms with Crippen molar-refractivity contribution >= 4 is 16.8 Å². The van der Waals surface area contributed by atoms with Crippen LogP contribution in [0.2, 0.25) is 0 Å². The molecule has 0 saturated carbocycles. The molecule has 0 aliphatic carbocycles. The van der Waals surface area contributed by atoms with Crippen LogP contribution in [-0.2, 0) is 6.54 Å². The standard InChI is InChI=1S/C17H20N4O2/c1-11(2)21-10-13(8-19-21)17(22)18-9-14-6-12-7-15(23-3)4-5-16(12)20-14/h4-8,10-11,20H,9H2,1-3H3,(H,18,22). The Morgan fingerprint density at radius 3 is 2.91 bits per heavy atom. The first kappa shape index (κ1) is 15.1. The van der Waals surface area contributed by atoms with Gasteiger partial charge in [-0.2, -0.15) is 5.10 Å². The lowest BCUT2D eigenvalue weighted by Gasteiger charge is -2.03. The number of methoxy groups -OCH3 is 1. The van der Waals surface area contributed by atoms with E-state index in [0.717, 1.165) is 22.3 Å². The molecule has 6 nitrogen and oxygen atoms in total. The van der Waals surface area contributed by atoms with E-state index in [1.54, 1.807) is 24.2 Å². The summed E-state index contributed by atoms with van der Waals surface area (Å²) in [6.07, 6.45) is 3.35. The van der Waals surface area contributed by atoms with E-state index in [1.165, 1.54) is 0 Å². The van der Waals surface area contributed by atoms with Gasteiger partial charge in [0.1, 0.15) is 5.75 Å². The van der Waals surface area contributed by atoms with E-state index in [1.807, 2.05) is 38.1 Å². The topological polar surface area (TPSA) is 71.9 Å². The van der Waals surface area contributed by atoms with E-state index in [2.05, 4.69) is 15.4 Å². The second-order valence-corrected chi connectivity index (χ2v) is 5.73. The van der Waals surface area contributed by atoms with E-state index in [0.29, 0.717) is 12.1 Å². The lowest BCUT2D eigenvalue weighted by molar-refractivity contribution is 0.0950. The van der Waals surface area contributed by atoms with Crippen LogP contribution in [0, 0.1) is 0 Å². The third-order valence-corrected chi connectivity index (χ3v) is 3.72. The average Bonchev–Trinajstić information content (AvgIpc) is 3.18. The van der Waals surface area contributed by atoms with Crippen LogP contribution in [0.15, 0.2) is 36.7 Å². The first-order valence-electron chi connectivity index (χ1n) is 7.55. The second kappa shape index (κ2) is 6.16. The number of hydrogen-bond donors (Lipinski definition) is 2. The van der Waals surface area contributed by atoms with Crippen LogP contribution in [0.1, 0.15) is 35.9 Å². The monoisotopic (exact) mass is 312 g/mol. The minimum absolute atomic E-state index is 0.131. The van der Waals surface area contributed by atoms with Crippen molar-refractivity contribution in [2.75, 3.05) is 7.11 Å². The molecule has 0 aliphatic rings. The van der Waals surface area contributed by atoms with Crippen molar-refractivity contribution in [3.8, 4) is 5.75 Å². The molecule has 0 atom stereocenters. The van der Waals surface area contributed by atoms with Gasteiger partial charge in [0.05, 0.1) is 25.4 Å². The van der Waals surface area contributed by atoms with Crippen molar-refractivity contribution in [3.05, 3.63) is 47.9 Å². The van der Waals surface area contributed by atoms with Gasteiger partial charge in [0, 0.05) is 28.8 Å². The summed E-state index contributed by atoms with van der Waals surface area (Å²) in [4.78, 5) is 15.5. The summed E-state index contributed by atoms with van der Waals surface area (Å²) in [5.41, 5.74) is 2.53. The number of hydrogen-bond acceptors (Lipinski definition) is 3. The van der Waals surface area contributed by atoms with Crippen LogP contribution in [0.25, 0.3) is 10.9 Å². The van der Waals surface area contributed by atoms with E-state index < -0.39 is 0 Å². The number of rotatable bonds is 5. The van der Waals surface area contributed by atoms with Gasteiger partial charge in [-0.1, -0.05) is 0 Å². The zero-order chi connectivity index (χ0) is 16.4. The fourth-order valence-electron chi connectivity index (χ4n) is 2.41. The van der Waals surface area contributed by atoms with Gasteiger partial charge in [-0.05, 0) is 38.1 Å². The zero-order valence-corrected chi connectivity index (χ0v) is 13.5. The number of aromatic amines is 1. The number of carbonyl (C=O) groups is 1. The van der Waals surface area contributed by atoms with Gasteiger partial charge in [-0.15, -0.1) is 0 Å². The SMILES string of the molecule is COc1ccc2[nH]c(CNC(=O)c3cnn(C(C)C)c3)cc2c1. The number of benzene rings is 1. The molecule has 1 aromatic carbocycles. The van der Waals surface area contributed by atoms with Crippen molar-refractivity contribution in [1.82, 2.24) is 20.1 Å². The van der Waals surface area contributed by atoms with Crippen LogP contribution < -0.4 is 10.1 Å². The first-order valence-corrected chi connectivity index (χ1v) is 7.55. The van der Waals surface area contributed by atoms with Gasteiger partial charge >= 0.3 is 0 Å². The molecule has 0 radical (unpaired) electrons. The molecule has 2 heterocycles. The minimum atomic E-state index is -0.131. The normalized spacial score (nSPS) is 11.1. The Balaban J connectivity index is 1.68. The average molecular weight is 312 g/mol. The summed E-state index contributed by atoms with van der Waals surface area (Å²) in [7, 11) is 1.65. The molecule has 120 valence electrons. The molecule has 1 amide bonds. The molecule has 0 bridgehead atoms. The number of carbonyl (C=O) groups excluding carboxylic acids is 1. The van der Waals surface area contributed by atoms with Gasteiger partial charge in [0.2, 0.25) is 0 Å². The Bertz CT molecular complexity index is 832. The molecule has 0 saturated heterocycles. The predicted molar refractivity (Wildman–Crippen MR) is 88.6 cm³/mol. The second-order valence-electron chi connectivity index (χ2n) is 5.73. The largest absolute Gasteiger partial charge is 0.497 e.